The smallest absolute Gasteiger partial charge is 0.422 e. The van der Waals surface area contributed by atoms with Crippen LogP contribution in [0.1, 0.15) is 20.3 Å². The molecular weight excluding hydrogens is 172 g/mol. The van der Waals surface area contributed by atoms with E-state index in [4.69, 9.17) is 4.74 Å². The van der Waals surface area contributed by atoms with Crippen LogP contribution in [-0.4, -0.2) is 21.7 Å². The third-order valence-corrected chi connectivity index (χ3v) is 1.72. The van der Waals surface area contributed by atoms with E-state index in [1.807, 2.05) is 6.92 Å². The Labute approximate surface area is 75.3 Å². The van der Waals surface area contributed by atoms with E-state index in [1.165, 1.54) is 12.4 Å². The summed E-state index contributed by atoms with van der Waals surface area (Å²) in [6.45, 7) is 3.67. The molecule has 1 aromatic rings. The zero-order valence-corrected chi connectivity index (χ0v) is 7.61. The lowest BCUT2D eigenvalue weighted by Crippen LogP contribution is -2.27. The number of carbonyl (C=O) groups is 1. The Kier molecular flexibility index (Phi) is 2.89. The third kappa shape index (κ3) is 2.21. The molecule has 5 nitrogen and oxygen atoms in total. The van der Waals surface area contributed by atoms with E-state index in [0.29, 0.717) is 0 Å². The quantitative estimate of drug-likeness (QED) is 0.744. The Morgan fingerprint density at radius 2 is 2.46 bits per heavy atom. The van der Waals surface area contributed by atoms with Crippen molar-refractivity contribution in [2.75, 3.05) is 0 Å². The first-order chi connectivity index (χ1) is 6.15. The number of hydrogen-bond donors (Lipinski definition) is 1. The normalized spacial score (nSPS) is 12.5. The molecule has 0 amide bonds. The standard InChI is InChI=1S/C8H12N2O3/c1-3-6(2)13-8(12)10-5-4-9-7(10)11/h4-6H,3H2,1-2H3,(H,9,11). The average molecular weight is 184 g/mol. The fraction of sp³-hybridized carbons (Fsp3) is 0.500. The van der Waals surface area contributed by atoms with Crippen molar-refractivity contribution in [1.82, 2.24) is 9.55 Å². The molecule has 0 bridgehead atoms. The molecule has 72 valence electrons. The zero-order chi connectivity index (χ0) is 9.84. The molecule has 1 N–H and O–H groups in total. The fourth-order valence-corrected chi connectivity index (χ4v) is 0.776. The van der Waals surface area contributed by atoms with Crippen molar-refractivity contribution < 1.29 is 9.53 Å². The van der Waals surface area contributed by atoms with E-state index in [0.717, 1.165) is 11.0 Å². The van der Waals surface area contributed by atoms with Crippen LogP contribution in [0.15, 0.2) is 17.2 Å². The zero-order valence-electron chi connectivity index (χ0n) is 7.61. The Balaban J connectivity index is 2.70. The highest BCUT2D eigenvalue weighted by Crippen LogP contribution is 1.97. The van der Waals surface area contributed by atoms with E-state index in [1.54, 1.807) is 6.92 Å². The van der Waals surface area contributed by atoms with Crippen molar-refractivity contribution in [1.29, 1.82) is 0 Å². The maximum Gasteiger partial charge on any atom is 0.422 e. The lowest BCUT2D eigenvalue weighted by molar-refractivity contribution is 0.105. The van der Waals surface area contributed by atoms with Gasteiger partial charge < -0.3 is 9.72 Å². The number of nitrogens with zero attached hydrogens (tertiary/aromatic N) is 1. The van der Waals surface area contributed by atoms with Crippen LogP contribution >= 0.6 is 0 Å². The SMILES string of the molecule is CCC(C)OC(=O)n1cc[nH]c1=O. The maximum absolute atomic E-state index is 11.2. The predicted octanol–water partition coefficient (Wildman–Crippen LogP) is 0.960. The number of ether oxygens (including phenoxy) is 1. The van der Waals surface area contributed by atoms with Gasteiger partial charge >= 0.3 is 11.8 Å². The van der Waals surface area contributed by atoms with E-state index >= 15 is 0 Å². The van der Waals surface area contributed by atoms with Crippen LogP contribution < -0.4 is 5.69 Å². The van der Waals surface area contributed by atoms with Gasteiger partial charge in [-0.25, -0.2) is 14.2 Å². The lowest BCUT2D eigenvalue weighted by atomic mass is 10.3. The van der Waals surface area contributed by atoms with Crippen LogP contribution in [0.25, 0.3) is 0 Å². The van der Waals surface area contributed by atoms with Gasteiger partial charge in [-0.2, -0.15) is 0 Å². The molecule has 0 saturated carbocycles. The van der Waals surface area contributed by atoms with Crippen LogP contribution in [0.4, 0.5) is 4.79 Å². The number of rotatable bonds is 2. The fourth-order valence-electron chi connectivity index (χ4n) is 0.776. The number of imidazole rings is 1. The van der Waals surface area contributed by atoms with Gasteiger partial charge in [0.15, 0.2) is 0 Å². The lowest BCUT2D eigenvalue weighted by Gasteiger charge is -2.09. The molecule has 1 heterocycles. The average Bonchev–Trinajstić information content (AvgIpc) is 2.51. The Bertz CT molecular complexity index is 339. The third-order valence-electron chi connectivity index (χ3n) is 1.72. The molecule has 0 fully saturated rings. The minimum Gasteiger partial charge on any atom is -0.446 e. The second-order valence-corrected chi connectivity index (χ2v) is 2.74. The molecule has 0 radical (unpaired) electrons. The molecule has 1 unspecified atom stereocenters. The molecule has 0 aliphatic rings. The van der Waals surface area contributed by atoms with E-state index in [-0.39, 0.29) is 6.10 Å². The highest BCUT2D eigenvalue weighted by Gasteiger charge is 2.11. The summed E-state index contributed by atoms with van der Waals surface area (Å²) in [4.78, 5) is 24.5. The van der Waals surface area contributed by atoms with E-state index in [2.05, 4.69) is 4.98 Å². The molecule has 0 aliphatic heterocycles. The summed E-state index contributed by atoms with van der Waals surface area (Å²) in [7, 11) is 0. The molecule has 1 aromatic heterocycles. The molecular formula is C8H12N2O3. The van der Waals surface area contributed by atoms with Crippen molar-refractivity contribution in [3.63, 3.8) is 0 Å². The van der Waals surface area contributed by atoms with E-state index < -0.39 is 11.8 Å². The second-order valence-electron chi connectivity index (χ2n) is 2.74. The number of aromatic nitrogens is 2. The van der Waals surface area contributed by atoms with Crippen LogP contribution in [0.2, 0.25) is 0 Å². The number of aromatic amines is 1. The topological polar surface area (TPSA) is 64.1 Å². The van der Waals surface area contributed by atoms with Crippen molar-refractivity contribution >= 4 is 6.09 Å². The monoisotopic (exact) mass is 184 g/mol. The molecule has 1 rings (SSSR count). The maximum atomic E-state index is 11.2. The summed E-state index contributed by atoms with van der Waals surface area (Å²) < 4.78 is 5.82. The number of nitrogens with one attached hydrogen (secondary N) is 1. The van der Waals surface area contributed by atoms with Gasteiger partial charge in [0.05, 0.1) is 0 Å². The molecule has 0 aromatic carbocycles. The van der Waals surface area contributed by atoms with Gasteiger partial charge in [-0.05, 0) is 13.3 Å². The van der Waals surface area contributed by atoms with Gasteiger partial charge in [0.1, 0.15) is 6.10 Å². The van der Waals surface area contributed by atoms with Crippen LogP contribution in [0, 0.1) is 0 Å². The minimum atomic E-state index is -0.638. The molecule has 5 heteroatoms. The van der Waals surface area contributed by atoms with Crippen molar-refractivity contribution in [3.05, 3.63) is 22.9 Å². The van der Waals surface area contributed by atoms with Crippen LogP contribution in [0.5, 0.6) is 0 Å². The Morgan fingerprint density at radius 3 is 2.92 bits per heavy atom. The van der Waals surface area contributed by atoms with Crippen molar-refractivity contribution in [2.45, 2.75) is 26.4 Å². The summed E-state index contributed by atoms with van der Waals surface area (Å²) in [5.74, 6) is 0. The molecule has 13 heavy (non-hydrogen) atoms. The van der Waals surface area contributed by atoms with Gasteiger partial charge in [0, 0.05) is 12.4 Å². The Hall–Kier alpha value is -1.52. The summed E-state index contributed by atoms with van der Waals surface area (Å²) in [6, 6.07) is 0. The molecule has 0 spiro atoms. The minimum absolute atomic E-state index is 0.172. The van der Waals surface area contributed by atoms with Gasteiger partial charge in [-0.1, -0.05) is 6.92 Å². The highest BCUT2D eigenvalue weighted by atomic mass is 16.6. The highest BCUT2D eigenvalue weighted by molar-refractivity contribution is 5.70. The molecule has 1 atom stereocenters. The van der Waals surface area contributed by atoms with Crippen molar-refractivity contribution in [3.8, 4) is 0 Å². The molecule has 0 aliphatic carbocycles. The number of hydrogen-bond acceptors (Lipinski definition) is 3. The van der Waals surface area contributed by atoms with Gasteiger partial charge in [0.25, 0.3) is 0 Å². The second kappa shape index (κ2) is 3.93. The largest absolute Gasteiger partial charge is 0.446 e. The first-order valence-electron chi connectivity index (χ1n) is 4.12. The van der Waals surface area contributed by atoms with Crippen molar-refractivity contribution in [2.24, 2.45) is 0 Å². The van der Waals surface area contributed by atoms with E-state index in [9.17, 15) is 9.59 Å². The number of carbonyl (C=O) groups excluding carboxylic acids is 1. The predicted molar refractivity (Wildman–Crippen MR) is 46.7 cm³/mol. The molecule has 0 saturated heterocycles. The summed E-state index contributed by atoms with van der Waals surface area (Å²) in [5.41, 5.74) is -0.478. The summed E-state index contributed by atoms with van der Waals surface area (Å²) in [6.07, 6.45) is 2.65. The first kappa shape index (κ1) is 9.57. The summed E-state index contributed by atoms with van der Waals surface area (Å²) >= 11 is 0. The first-order valence-corrected chi connectivity index (χ1v) is 4.12. The van der Waals surface area contributed by atoms with Crippen LogP contribution in [-0.2, 0) is 4.74 Å². The van der Waals surface area contributed by atoms with Gasteiger partial charge in [0.2, 0.25) is 0 Å². The van der Waals surface area contributed by atoms with Crippen LogP contribution in [0.3, 0.4) is 0 Å². The Morgan fingerprint density at radius 1 is 1.77 bits per heavy atom. The van der Waals surface area contributed by atoms with Gasteiger partial charge in [-0.3, -0.25) is 0 Å². The van der Waals surface area contributed by atoms with Gasteiger partial charge in [-0.15, -0.1) is 0 Å². The number of H-pyrrole nitrogens is 1. The summed E-state index contributed by atoms with van der Waals surface area (Å²) in [5, 5.41) is 0.